The molecule has 3 saturated heterocycles. The van der Waals surface area contributed by atoms with Crippen molar-refractivity contribution in [2.75, 3.05) is 19.7 Å². The number of nitrogens with one attached hydrogen (secondary N) is 1. The molecule has 250 valence electrons. The Balaban J connectivity index is 1.45. The highest BCUT2D eigenvalue weighted by atomic mass is 16.6. The molecule has 1 spiro atoms. The summed E-state index contributed by atoms with van der Waals surface area (Å²) in [5.74, 6) is -3.36. The number of esters is 1. The summed E-state index contributed by atoms with van der Waals surface area (Å²) in [6.45, 7) is 9.45. The van der Waals surface area contributed by atoms with Crippen LogP contribution in [0.15, 0.2) is 86.0 Å². The predicted octanol–water partition coefficient (Wildman–Crippen LogP) is 3.19. The van der Waals surface area contributed by atoms with Crippen LogP contribution >= 0.6 is 0 Å². The molecule has 47 heavy (non-hydrogen) atoms. The number of carbonyl (C=O) groups is 4. The zero-order chi connectivity index (χ0) is 33.6. The fraction of sp³-hybridized carbons (Fsp3) is 0.459. The summed E-state index contributed by atoms with van der Waals surface area (Å²) in [6, 6.07) is 17.3. The van der Waals surface area contributed by atoms with Crippen molar-refractivity contribution in [2.24, 2.45) is 11.8 Å². The number of allylic oxidation sites excluding steroid dienone is 1. The smallest absolute Gasteiger partial charge is 0.312 e. The van der Waals surface area contributed by atoms with E-state index in [4.69, 9.17) is 9.47 Å². The van der Waals surface area contributed by atoms with E-state index in [9.17, 15) is 24.3 Å². The molecule has 3 aliphatic rings. The zero-order valence-electron chi connectivity index (χ0n) is 27.0. The van der Waals surface area contributed by atoms with Crippen LogP contribution in [0, 0.1) is 11.8 Å². The fourth-order valence-electron chi connectivity index (χ4n) is 7.43. The van der Waals surface area contributed by atoms with Gasteiger partial charge in [-0.1, -0.05) is 72.8 Å². The van der Waals surface area contributed by atoms with Crippen LogP contribution in [0.25, 0.3) is 0 Å². The predicted molar refractivity (Wildman–Crippen MR) is 176 cm³/mol. The summed E-state index contributed by atoms with van der Waals surface area (Å²) in [6.07, 6.45) is 4.11. The van der Waals surface area contributed by atoms with Crippen LogP contribution in [-0.4, -0.2) is 88.2 Å². The molecule has 2 bridgehead atoms. The summed E-state index contributed by atoms with van der Waals surface area (Å²) >= 11 is 0. The van der Waals surface area contributed by atoms with E-state index in [2.05, 4.69) is 18.5 Å². The molecule has 2 aromatic carbocycles. The first-order chi connectivity index (χ1) is 22.7. The largest absolute Gasteiger partial charge is 0.460 e. The van der Waals surface area contributed by atoms with Gasteiger partial charge in [0.2, 0.25) is 17.7 Å². The molecule has 0 radical (unpaired) electrons. The Hall–Kier alpha value is -4.28. The molecule has 3 amide bonds. The van der Waals surface area contributed by atoms with Gasteiger partial charge in [0.25, 0.3) is 0 Å². The van der Waals surface area contributed by atoms with Gasteiger partial charge >= 0.3 is 5.97 Å². The standard InChI is InChI=1S/C37H45N3O7/c1-4-6-17-30(42)38-22-25(3)46-36(45)31-29-18-19-37(47-29)32(31)34(43)40(28(24-41)21-26-13-9-7-10-14-26)33(37)35(44)39(20-5-2)23-27-15-11-8-12-16-27/h4-5,7-16,25,28-29,31-33,41H,1-2,6,17-24H2,3H3,(H,38,42)/t25-,28-,29+,31-,32-,33+,37-/m1/s1. The Morgan fingerprint density at radius 3 is 2.43 bits per heavy atom. The molecule has 5 rings (SSSR count). The second-order valence-electron chi connectivity index (χ2n) is 12.7. The minimum absolute atomic E-state index is 0.122. The topological polar surface area (TPSA) is 125 Å². The van der Waals surface area contributed by atoms with Gasteiger partial charge in [0.05, 0.1) is 37.1 Å². The van der Waals surface area contributed by atoms with Crippen molar-refractivity contribution in [3.05, 3.63) is 97.1 Å². The molecule has 10 nitrogen and oxygen atoms in total. The first kappa shape index (κ1) is 34.1. The first-order valence-electron chi connectivity index (χ1n) is 16.4. The minimum Gasteiger partial charge on any atom is -0.460 e. The highest BCUT2D eigenvalue weighted by Gasteiger charge is 2.75. The van der Waals surface area contributed by atoms with Crippen LogP contribution in [0.1, 0.15) is 43.7 Å². The summed E-state index contributed by atoms with van der Waals surface area (Å²) < 4.78 is 12.4. The number of rotatable bonds is 16. The van der Waals surface area contributed by atoms with Crippen LogP contribution < -0.4 is 5.32 Å². The number of aliphatic hydroxyl groups is 1. The molecular weight excluding hydrogens is 598 g/mol. The van der Waals surface area contributed by atoms with Gasteiger partial charge in [0, 0.05) is 19.5 Å². The number of nitrogens with zero attached hydrogens (tertiary/aromatic N) is 2. The van der Waals surface area contributed by atoms with Crippen molar-refractivity contribution in [2.45, 2.75) is 75.5 Å². The third kappa shape index (κ3) is 7.04. The van der Waals surface area contributed by atoms with E-state index in [1.807, 2.05) is 60.7 Å². The van der Waals surface area contributed by atoms with E-state index in [0.717, 1.165) is 11.1 Å². The van der Waals surface area contributed by atoms with Crippen molar-refractivity contribution in [3.8, 4) is 0 Å². The molecule has 3 aliphatic heterocycles. The number of benzene rings is 2. The number of amides is 3. The Bertz CT molecular complexity index is 1450. The normalized spacial score (nSPS) is 25.5. The number of hydrogen-bond donors (Lipinski definition) is 2. The van der Waals surface area contributed by atoms with Gasteiger partial charge in [-0.25, -0.2) is 0 Å². The summed E-state index contributed by atoms with van der Waals surface area (Å²) in [5.41, 5.74) is 0.557. The highest BCUT2D eigenvalue weighted by Crippen LogP contribution is 2.59. The Labute approximate surface area is 276 Å². The quantitative estimate of drug-likeness (QED) is 0.213. The summed E-state index contributed by atoms with van der Waals surface area (Å²) in [7, 11) is 0. The molecule has 2 N–H and O–H groups in total. The van der Waals surface area contributed by atoms with E-state index in [-0.39, 0.29) is 37.9 Å². The van der Waals surface area contributed by atoms with Crippen molar-refractivity contribution in [1.29, 1.82) is 0 Å². The van der Waals surface area contributed by atoms with E-state index in [1.54, 1.807) is 24.0 Å². The Morgan fingerprint density at radius 2 is 1.79 bits per heavy atom. The number of likely N-dealkylation sites (tertiary alicyclic amines) is 1. The van der Waals surface area contributed by atoms with E-state index >= 15 is 0 Å². The Kier molecular flexibility index (Phi) is 10.9. The van der Waals surface area contributed by atoms with Gasteiger partial charge in [0.15, 0.2) is 0 Å². The zero-order valence-corrected chi connectivity index (χ0v) is 27.0. The first-order valence-corrected chi connectivity index (χ1v) is 16.4. The van der Waals surface area contributed by atoms with Crippen LogP contribution in [-0.2, 0) is 41.6 Å². The van der Waals surface area contributed by atoms with E-state index in [0.29, 0.717) is 32.2 Å². The average molecular weight is 644 g/mol. The van der Waals surface area contributed by atoms with Gasteiger partial charge in [-0.3, -0.25) is 19.2 Å². The van der Waals surface area contributed by atoms with Crippen LogP contribution in [0.2, 0.25) is 0 Å². The van der Waals surface area contributed by atoms with Gasteiger partial charge in [-0.15, -0.1) is 13.2 Å². The lowest BCUT2D eigenvalue weighted by Crippen LogP contribution is -2.59. The van der Waals surface area contributed by atoms with Crippen molar-refractivity contribution in [3.63, 3.8) is 0 Å². The molecule has 0 aliphatic carbocycles. The van der Waals surface area contributed by atoms with Crippen LogP contribution in [0.4, 0.5) is 0 Å². The van der Waals surface area contributed by atoms with Crippen molar-refractivity contribution >= 4 is 23.7 Å². The van der Waals surface area contributed by atoms with Gasteiger partial charge in [0.1, 0.15) is 17.7 Å². The van der Waals surface area contributed by atoms with E-state index < -0.39 is 53.6 Å². The fourth-order valence-corrected chi connectivity index (χ4v) is 7.43. The molecule has 0 unspecified atom stereocenters. The molecule has 2 aromatic rings. The summed E-state index contributed by atoms with van der Waals surface area (Å²) in [5, 5.41) is 13.5. The third-order valence-corrected chi connectivity index (χ3v) is 9.52. The second-order valence-corrected chi connectivity index (χ2v) is 12.7. The molecule has 0 saturated carbocycles. The number of ether oxygens (including phenoxy) is 2. The van der Waals surface area contributed by atoms with Crippen LogP contribution in [0.3, 0.4) is 0 Å². The number of carbonyl (C=O) groups excluding carboxylic acids is 4. The van der Waals surface area contributed by atoms with Gasteiger partial charge in [-0.05, 0) is 43.7 Å². The van der Waals surface area contributed by atoms with Crippen LogP contribution in [0.5, 0.6) is 0 Å². The third-order valence-electron chi connectivity index (χ3n) is 9.52. The lowest BCUT2D eigenvalue weighted by molar-refractivity contribution is -0.160. The number of hydrogen-bond acceptors (Lipinski definition) is 7. The van der Waals surface area contributed by atoms with E-state index in [1.165, 1.54) is 4.90 Å². The molecule has 7 atom stereocenters. The average Bonchev–Trinajstić information content (AvgIpc) is 3.73. The maximum atomic E-state index is 14.7. The number of fused-ring (bicyclic) bond motifs is 1. The molecular formula is C37H45N3O7. The molecule has 10 heteroatoms. The van der Waals surface area contributed by atoms with Crippen molar-refractivity contribution < 1.29 is 33.8 Å². The Morgan fingerprint density at radius 1 is 1.11 bits per heavy atom. The molecule has 3 fully saturated rings. The second kappa shape index (κ2) is 15.1. The summed E-state index contributed by atoms with van der Waals surface area (Å²) in [4.78, 5) is 58.4. The monoisotopic (exact) mass is 643 g/mol. The maximum absolute atomic E-state index is 14.7. The number of aliphatic hydroxyl groups excluding tert-OH is 1. The van der Waals surface area contributed by atoms with Crippen molar-refractivity contribution in [1.82, 2.24) is 15.1 Å². The molecule has 0 aromatic heterocycles. The lowest BCUT2D eigenvalue weighted by Gasteiger charge is -2.39. The highest BCUT2D eigenvalue weighted by molar-refractivity contribution is 5.98. The SMILES string of the molecule is C=CCCC(=O)NC[C@@H](C)OC(=O)[C@@H]1[C@@H]2CC[C@]3(O2)[C@H](C(=O)N(CC=C)Cc2ccccc2)N([C@@H](CO)Cc2ccccc2)C(=O)[C@@H]13. The lowest BCUT2D eigenvalue weighted by atomic mass is 9.70. The maximum Gasteiger partial charge on any atom is 0.312 e. The van der Waals surface area contributed by atoms with Gasteiger partial charge < -0.3 is 29.7 Å². The molecule has 3 heterocycles. The van der Waals surface area contributed by atoms with Gasteiger partial charge in [-0.2, -0.15) is 0 Å². The minimum atomic E-state index is -1.26.